The van der Waals surface area contributed by atoms with Crippen LogP contribution in [0.25, 0.3) is 0 Å². The molecule has 1 aliphatic rings. The third kappa shape index (κ3) is 4.63. The van der Waals surface area contributed by atoms with Crippen LogP contribution in [-0.4, -0.2) is 24.1 Å². The molecule has 3 heteroatoms. The Morgan fingerprint density at radius 2 is 2.33 bits per heavy atom. The van der Waals surface area contributed by atoms with Gasteiger partial charge in [0.25, 0.3) is 0 Å². The second-order valence-corrected chi connectivity index (χ2v) is 5.97. The molecule has 1 rings (SSSR count). The molecule has 1 fully saturated rings. The molecule has 1 unspecified atom stereocenters. The molecule has 12 heavy (non-hydrogen) atoms. The Bertz CT molecular complexity index is 101. The summed E-state index contributed by atoms with van der Waals surface area (Å²) in [6.45, 7) is 4.49. The fourth-order valence-electron chi connectivity index (χ4n) is 1.36. The average Bonchev–Trinajstić information content (AvgIpc) is 2.33. The molecule has 1 atom stereocenters. The van der Waals surface area contributed by atoms with Gasteiger partial charge in [0.2, 0.25) is 0 Å². The first kappa shape index (κ1) is 10.7. The van der Waals surface area contributed by atoms with Gasteiger partial charge in [0, 0.05) is 11.0 Å². The summed E-state index contributed by atoms with van der Waals surface area (Å²) in [4.78, 5) is 0. The van der Waals surface area contributed by atoms with E-state index in [2.05, 4.69) is 33.8 Å². The molecule has 0 aliphatic carbocycles. The highest BCUT2D eigenvalue weighted by atomic mass is 33.1. The lowest BCUT2D eigenvalue weighted by molar-refractivity contribution is 0.610. The molecule has 1 N–H and O–H groups in total. The van der Waals surface area contributed by atoms with Crippen LogP contribution < -0.4 is 5.32 Å². The van der Waals surface area contributed by atoms with Crippen molar-refractivity contribution < 1.29 is 0 Å². The second-order valence-electron chi connectivity index (χ2n) is 3.18. The van der Waals surface area contributed by atoms with E-state index in [4.69, 9.17) is 0 Å². The van der Waals surface area contributed by atoms with Gasteiger partial charge in [-0.15, -0.1) is 0 Å². The first-order chi connectivity index (χ1) is 5.93. The van der Waals surface area contributed by atoms with Crippen LogP contribution in [0.15, 0.2) is 0 Å². The number of rotatable bonds is 4. The van der Waals surface area contributed by atoms with Crippen molar-refractivity contribution in [3.63, 3.8) is 0 Å². The molecule has 0 amide bonds. The Kier molecular flexibility index (Phi) is 6.35. The summed E-state index contributed by atoms with van der Waals surface area (Å²) < 4.78 is 0. The molecular weight excluding hydrogens is 186 g/mol. The molecule has 1 nitrogen and oxygen atoms in total. The lowest BCUT2D eigenvalue weighted by atomic mass is 10.1. The van der Waals surface area contributed by atoms with Crippen LogP contribution >= 0.6 is 21.6 Å². The summed E-state index contributed by atoms with van der Waals surface area (Å²) in [6.07, 6.45) is 5.65. The minimum Gasteiger partial charge on any atom is -0.317 e. The van der Waals surface area contributed by atoms with Crippen molar-refractivity contribution in [2.24, 2.45) is 0 Å². The lowest BCUT2D eigenvalue weighted by Crippen LogP contribution is -2.18. The molecule has 0 radical (unpaired) electrons. The molecule has 1 heterocycles. The number of hydrogen-bond donors (Lipinski definition) is 1. The molecule has 1 aliphatic heterocycles. The van der Waals surface area contributed by atoms with Crippen molar-refractivity contribution in [1.82, 2.24) is 5.32 Å². The molecule has 0 aromatic heterocycles. The summed E-state index contributed by atoms with van der Waals surface area (Å²) >= 11 is 0. The largest absolute Gasteiger partial charge is 0.317 e. The van der Waals surface area contributed by atoms with Gasteiger partial charge in [-0.2, -0.15) is 0 Å². The number of hydrogen-bond acceptors (Lipinski definition) is 3. The van der Waals surface area contributed by atoms with Crippen molar-refractivity contribution in [1.29, 1.82) is 0 Å². The summed E-state index contributed by atoms with van der Waals surface area (Å²) in [7, 11) is 4.18. The predicted molar refractivity (Wildman–Crippen MR) is 60.8 cm³/mol. The van der Waals surface area contributed by atoms with Gasteiger partial charge >= 0.3 is 0 Å². The van der Waals surface area contributed by atoms with Gasteiger partial charge in [-0.05, 0) is 32.4 Å². The van der Waals surface area contributed by atoms with E-state index in [0.717, 1.165) is 11.8 Å². The van der Waals surface area contributed by atoms with Gasteiger partial charge in [-0.25, -0.2) is 0 Å². The molecule has 1 saturated heterocycles. The first-order valence-corrected chi connectivity index (χ1v) is 7.30. The Morgan fingerprint density at radius 3 is 3.17 bits per heavy atom. The van der Waals surface area contributed by atoms with Crippen molar-refractivity contribution >= 4 is 21.6 Å². The minimum atomic E-state index is 0.913. The fourth-order valence-corrected chi connectivity index (χ4v) is 4.24. The first-order valence-electron chi connectivity index (χ1n) is 4.92. The van der Waals surface area contributed by atoms with E-state index in [9.17, 15) is 0 Å². The monoisotopic (exact) mass is 205 g/mol. The standard InChI is InChI=1S/C9H19NS2/c1-2-10-7-6-9-5-3-4-8-11-12-9/h9-10H,2-8H2,1H3. The molecule has 0 aromatic rings. The van der Waals surface area contributed by atoms with Crippen LogP contribution in [-0.2, 0) is 0 Å². The zero-order chi connectivity index (χ0) is 8.65. The Hall–Kier alpha value is 0.660. The van der Waals surface area contributed by atoms with Crippen molar-refractivity contribution in [3.05, 3.63) is 0 Å². The highest BCUT2D eigenvalue weighted by Crippen LogP contribution is 2.35. The molecule has 0 bridgehead atoms. The Labute approximate surface area is 83.8 Å². The average molecular weight is 205 g/mol. The quantitative estimate of drug-likeness (QED) is 0.560. The highest BCUT2D eigenvalue weighted by Gasteiger charge is 2.12. The normalized spacial score (nSPS) is 25.2. The van der Waals surface area contributed by atoms with Crippen molar-refractivity contribution in [3.8, 4) is 0 Å². The third-order valence-corrected chi connectivity index (χ3v) is 5.16. The SMILES string of the molecule is CCNCCC1CCCCSS1. The van der Waals surface area contributed by atoms with E-state index in [-0.39, 0.29) is 0 Å². The van der Waals surface area contributed by atoms with Crippen LogP contribution in [0.2, 0.25) is 0 Å². The van der Waals surface area contributed by atoms with Gasteiger partial charge in [-0.3, -0.25) is 0 Å². The molecule has 0 saturated carbocycles. The Morgan fingerprint density at radius 1 is 1.42 bits per heavy atom. The van der Waals surface area contributed by atoms with Crippen LogP contribution in [0.1, 0.15) is 32.6 Å². The fraction of sp³-hybridized carbons (Fsp3) is 1.00. The predicted octanol–water partition coefficient (Wildman–Crippen LogP) is 2.92. The van der Waals surface area contributed by atoms with E-state index in [1.165, 1.54) is 38.0 Å². The maximum atomic E-state index is 3.39. The van der Waals surface area contributed by atoms with E-state index in [1.807, 2.05) is 0 Å². The van der Waals surface area contributed by atoms with Crippen molar-refractivity contribution in [2.75, 3.05) is 18.8 Å². The van der Waals surface area contributed by atoms with E-state index in [1.54, 1.807) is 0 Å². The van der Waals surface area contributed by atoms with E-state index < -0.39 is 0 Å². The zero-order valence-corrected chi connectivity index (χ0v) is 9.48. The van der Waals surface area contributed by atoms with Crippen LogP contribution in [0.4, 0.5) is 0 Å². The van der Waals surface area contributed by atoms with Crippen LogP contribution in [0, 0.1) is 0 Å². The van der Waals surface area contributed by atoms with E-state index >= 15 is 0 Å². The Balaban J connectivity index is 2.04. The van der Waals surface area contributed by atoms with Gasteiger partial charge in [0.1, 0.15) is 0 Å². The van der Waals surface area contributed by atoms with E-state index in [0.29, 0.717) is 0 Å². The molecular formula is C9H19NS2. The molecule has 0 spiro atoms. The van der Waals surface area contributed by atoms with Crippen molar-refractivity contribution in [2.45, 2.75) is 37.9 Å². The summed E-state index contributed by atoms with van der Waals surface area (Å²) in [5.41, 5.74) is 0. The van der Waals surface area contributed by atoms with Gasteiger partial charge in [0.05, 0.1) is 0 Å². The maximum Gasteiger partial charge on any atom is 0.0163 e. The van der Waals surface area contributed by atoms with Crippen LogP contribution in [0.5, 0.6) is 0 Å². The number of nitrogens with one attached hydrogen (secondary N) is 1. The van der Waals surface area contributed by atoms with Gasteiger partial charge < -0.3 is 5.32 Å². The maximum absolute atomic E-state index is 3.39. The lowest BCUT2D eigenvalue weighted by Gasteiger charge is -2.11. The highest BCUT2D eigenvalue weighted by molar-refractivity contribution is 8.76. The summed E-state index contributed by atoms with van der Waals surface area (Å²) in [5, 5.41) is 4.31. The molecule has 72 valence electrons. The smallest absolute Gasteiger partial charge is 0.0163 e. The second kappa shape index (κ2) is 7.10. The summed E-state index contributed by atoms with van der Waals surface area (Å²) in [5.74, 6) is 1.36. The topological polar surface area (TPSA) is 12.0 Å². The third-order valence-electron chi connectivity index (χ3n) is 2.10. The molecule has 0 aromatic carbocycles. The van der Waals surface area contributed by atoms with Gasteiger partial charge in [0.15, 0.2) is 0 Å². The minimum absolute atomic E-state index is 0.913. The zero-order valence-electron chi connectivity index (χ0n) is 7.84. The van der Waals surface area contributed by atoms with Crippen LogP contribution in [0.3, 0.4) is 0 Å². The van der Waals surface area contributed by atoms with Gasteiger partial charge in [-0.1, -0.05) is 34.9 Å². The summed E-state index contributed by atoms with van der Waals surface area (Å²) in [6, 6.07) is 0.